The molecular weight excluding hydrogens is 116 g/mol. The monoisotopic (exact) mass is 122 g/mol. The molecule has 0 saturated heterocycles. The van der Waals surface area contributed by atoms with Crippen molar-refractivity contribution in [3.8, 4) is 0 Å². The van der Waals surface area contributed by atoms with Crippen LogP contribution in [0.4, 0.5) is 4.39 Å². The molecule has 1 rings (SSSR count). The second-order valence-corrected chi connectivity index (χ2v) is 1.70. The lowest BCUT2D eigenvalue weighted by Gasteiger charge is -1.90. The number of pyridine rings is 1. The molecule has 1 aromatic heterocycles. The van der Waals surface area contributed by atoms with E-state index in [-0.39, 0.29) is 0 Å². The second-order valence-electron chi connectivity index (χ2n) is 1.70. The molecule has 1 nitrogen and oxygen atoms in total. The van der Waals surface area contributed by atoms with E-state index in [4.69, 9.17) is 0 Å². The van der Waals surface area contributed by atoms with E-state index in [1.807, 2.05) is 14.1 Å². The molecule has 0 atom stereocenters. The van der Waals surface area contributed by atoms with Crippen molar-refractivity contribution in [3.63, 3.8) is 0 Å². The van der Waals surface area contributed by atoms with Crippen molar-refractivity contribution < 1.29 is 4.39 Å². The standard InChI is InChI=1S/C6H6BFN/c1-7-5-2-3-6(8)9-4-5/h2-4H,1H3. The number of hydrogen-bond acceptors (Lipinski definition) is 1. The number of aromatic nitrogens is 1. The van der Waals surface area contributed by atoms with Crippen molar-refractivity contribution in [2.45, 2.75) is 6.82 Å². The molecule has 0 aliphatic heterocycles. The van der Waals surface area contributed by atoms with E-state index in [2.05, 4.69) is 4.98 Å². The van der Waals surface area contributed by atoms with Crippen LogP contribution in [-0.4, -0.2) is 12.3 Å². The molecule has 0 amide bonds. The fraction of sp³-hybridized carbons (Fsp3) is 0.167. The van der Waals surface area contributed by atoms with E-state index in [1.165, 1.54) is 12.3 Å². The van der Waals surface area contributed by atoms with Gasteiger partial charge in [0.25, 0.3) is 0 Å². The fourth-order valence-electron chi connectivity index (χ4n) is 0.558. The van der Waals surface area contributed by atoms with Gasteiger partial charge in [-0.25, -0.2) is 4.98 Å². The van der Waals surface area contributed by atoms with Crippen LogP contribution < -0.4 is 5.46 Å². The molecule has 0 aliphatic carbocycles. The SMILES string of the molecule is C[B]c1ccc(F)nc1. The third kappa shape index (κ3) is 1.52. The largest absolute Gasteiger partial charge is 0.229 e. The maximum Gasteiger partial charge on any atom is 0.212 e. The number of rotatable bonds is 1. The van der Waals surface area contributed by atoms with Crippen molar-refractivity contribution in [2.24, 2.45) is 0 Å². The number of halogens is 1. The van der Waals surface area contributed by atoms with Crippen LogP contribution in [0.15, 0.2) is 18.3 Å². The van der Waals surface area contributed by atoms with Gasteiger partial charge in [0, 0.05) is 6.20 Å². The maximum atomic E-state index is 12.1. The highest BCUT2D eigenvalue weighted by molar-refractivity contribution is 6.51. The summed E-state index contributed by atoms with van der Waals surface area (Å²) in [5, 5.41) is 0. The highest BCUT2D eigenvalue weighted by atomic mass is 19.1. The molecule has 0 N–H and O–H groups in total. The zero-order valence-corrected chi connectivity index (χ0v) is 5.13. The van der Waals surface area contributed by atoms with Crippen LogP contribution in [-0.2, 0) is 0 Å². The van der Waals surface area contributed by atoms with Gasteiger partial charge < -0.3 is 0 Å². The van der Waals surface area contributed by atoms with E-state index in [1.54, 1.807) is 6.07 Å². The molecular formula is C6H6BFN. The summed E-state index contributed by atoms with van der Waals surface area (Å²) in [5.41, 5.74) is 0.941. The van der Waals surface area contributed by atoms with Gasteiger partial charge in [0.05, 0.1) is 0 Å². The molecule has 0 aliphatic rings. The zero-order chi connectivity index (χ0) is 6.69. The molecule has 1 radical (unpaired) electrons. The summed E-state index contributed by atoms with van der Waals surface area (Å²) >= 11 is 0. The number of hydrogen-bond donors (Lipinski definition) is 0. The first kappa shape index (κ1) is 6.27. The van der Waals surface area contributed by atoms with Crippen molar-refractivity contribution >= 4 is 12.7 Å². The molecule has 3 heteroatoms. The van der Waals surface area contributed by atoms with Gasteiger partial charge in [0.15, 0.2) is 0 Å². The van der Waals surface area contributed by atoms with Crippen LogP contribution in [0, 0.1) is 5.95 Å². The predicted molar refractivity (Wildman–Crippen MR) is 35.4 cm³/mol. The van der Waals surface area contributed by atoms with Crippen LogP contribution in [0.2, 0.25) is 6.82 Å². The smallest absolute Gasteiger partial charge is 0.212 e. The summed E-state index contributed by atoms with van der Waals surface area (Å²) in [4.78, 5) is 3.45. The van der Waals surface area contributed by atoms with Gasteiger partial charge in [-0.1, -0.05) is 18.4 Å². The summed E-state index contributed by atoms with van der Waals surface area (Å²) in [6, 6.07) is 3.03. The third-order valence-electron chi connectivity index (χ3n) is 1.08. The minimum absolute atomic E-state index is 0.430. The first-order valence-corrected chi connectivity index (χ1v) is 2.74. The minimum atomic E-state index is -0.430. The van der Waals surface area contributed by atoms with Gasteiger partial charge in [-0.05, 0) is 6.07 Å². The van der Waals surface area contributed by atoms with E-state index in [0.29, 0.717) is 0 Å². The summed E-state index contributed by atoms with van der Waals surface area (Å²) in [5.74, 6) is -0.430. The molecule has 1 heterocycles. The van der Waals surface area contributed by atoms with Gasteiger partial charge in [-0.3, -0.25) is 0 Å². The lowest BCUT2D eigenvalue weighted by atomic mass is 9.74. The molecule has 45 valence electrons. The highest BCUT2D eigenvalue weighted by Crippen LogP contribution is 1.85. The predicted octanol–water partition coefficient (Wildman–Crippen LogP) is 0.598. The Morgan fingerprint density at radius 2 is 2.33 bits per heavy atom. The Morgan fingerprint density at radius 3 is 2.78 bits per heavy atom. The molecule has 0 spiro atoms. The van der Waals surface area contributed by atoms with E-state index in [9.17, 15) is 4.39 Å². The Bertz CT molecular complexity index is 185. The summed E-state index contributed by atoms with van der Waals surface area (Å²) in [6.45, 7) is 1.88. The fourth-order valence-corrected chi connectivity index (χ4v) is 0.558. The summed E-state index contributed by atoms with van der Waals surface area (Å²) < 4.78 is 12.1. The van der Waals surface area contributed by atoms with Crippen LogP contribution in [0.1, 0.15) is 0 Å². The zero-order valence-electron chi connectivity index (χ0n) is 5.13. The second kappa shape index (κ2) is 2.62. The Balaban J connectivity index is 2.88. The molecule has 9 heavy (non-hydrogen) atoms. The van der Waals surface area contributed by atoms with E-state index >= 15 is 0 Å². The Hall–Kier alpha value is -0.855. The van der Waals surface area contributed by atoms with Gasteiger partial charge in [-0.2, -0.15) is 4.39 Å². The average Bonchev–Trinajstić information content (AvgIpc) is 1.90. The van der Waals surface area contributed by atoms with Gasteiger partial charge in [-0.15, -0.1) is 0 Å². The average molecular weight is 122 g/mol. The highest BCUT2D eigenvalue weighted by Gasteiger charge is 1.90. The Morgan fingerprint density at radius 1 is 1.56 bits per heavy atom. The summed E-state index contributed by atoms with van der Waals surface area (Å²) in [6.07, 6.45) is 1.50. The number of nitrogens with zero attached hydrogens (tertiary/aromatic N) is 1. The third-order valence-corrected chi connectivity index (χ3v) is 1.08. The molecule has 0 bridgehead atoms. The molecule has 1 aromatic rings. The van der Waals surface area contributed by atoms with E-state index < -0.39 is 5.95 Å². The minimum Gasteiger partial charge on any atom is -0.229 e. The quantitative estimate of drug-likeness (QED) is 0.392. The normalized spacial score (nSPS) is 9.11. The van der Waals surface area contributed by atoms with Crippen LogP contribution in [0.5, 0.6) is 0 Å². The van der Waals surface area contributed by atoms with E-state index in [0.717, 1.165) is 5.46 Å². The van der Waals surface area contributed by atoms with Crippen molar-refractivity contribution in [1.82, 2.24) is 4.98 Å². The Kier molecular flexibility index (Phi) is 1.83. The van der Waals surface area contributed by atoms with Crippen molar-refractivity contribution in [1.29, 1.82) is 0 Å². The first-order chi connectivity index (χ1) is 4.33. The molecule has 0 unspecified atom stereocenters. The van der Waals surface area contributed by atoms with Crippen LogP contribution in [0.25, 0.3) is 0 Å². The molecule has 0 saturated carbocycles. The van der Waals surface area contributed by atoms with Gasteiger partial charge >= 0.3 is 0 Å². The Labute approximate surface area is 54.2 Å². The van der Waals surface area contributed by atoms with Gasteiger partial charge in [0.2, 0.25) is 5.95 Å². The van der Waals surface area contributed by atoms with Crippen molar-refractivity contribution in [2.75, 3.05) is 0 Å². The lowest BCUT2D eigenvalue weighted by Crippen LogP contribution is -2.10. The van der Waals surface area contributed by atoms with Crippen LogP contribution in [0.3, 0.4) is 0 Å². The molecule has 0 fully saturated rings. The van der Waals surface area contributed by atoms with Crippen LogP contribution >= 0.6 is 0 Å². The lowest BCUT2D eigenvalue weighted by molar-refractivity contribution is 0.584. The maximum absolute atomic E-state index is 12.1. The topological polar surface area (TPSA) is 12.9 Å². The first-order valence-electron chi connectivity index (χ1n) is 2.74. The molecule has 0 aromatic carbocycles. The van der Waals surface area contributed by atoms with Crippen molar-refractivity contribution in [3.05, 3.63) is 24.3 Å². The van der Waals surface area contributed by atoms with Gasteiger partial charge in [0.1, 0.15) is 7.28 Å². The summed E-state index contributed by atoms with van der Waals surface area (Å²) in [7, 11) is 1.87.